The summed E-state index contributed by atoms with van der Waals surface area (Å²) in [4.78, 5) is 29.5. The van der Waals surface area contributed by atoms with Gasteiger partial charge < -0.3 is 24.3 Å². The van der Waals surface area contributed by atoms with Crippen LogP contribution in [0.4, 0.5) is 5.69 Å². The van der Waals surface area contributed by atoms with E-state index < -0.39 is 0 Å². The normalized spacial score (nSPS) is 20.1. The van der Waals surface area contributed by atoms with Crippen LogP contribution in [0.25, 0.3) is 0 Å². The van der Waals surface area contributed by atoms with Crippen molar-refractivity contribution in [2.75, 3.05) is 44.3 Å². The summed E-state index contributed by atoms with van der Waals surface area (Å²) in [5, 5.41) is 3.12. The fourth-order valence-electron chi connectivity index (χ4n) is 3.84. The summed E-state index contributed by atoms with van der Waals surface area (Å²) in [5.74, 6) is 0.113. The van der Waals surface area contributed by atoms with Crippen molar-refractivity contribution < 1.29 is 18.7 Å². The van der Waals surface area contributed by atoms with E-state index in [0.29, 0.717) is 37.6 Å². The van der Waals surface area contributed by atoms with Crippen LogP contribution in [0, 0.1) is 0 Å². The number of hydrogen-bond donors (Lipinski definition) is 1. The Bertz CT molecular complexity index is 815. The largest absolute Gasteiger partial charge is 0.459 e. The second kappa shape index (κ2) is 8.48. The Labute approximate surface area is 164 Å². The summed E-state index contributed by atoms with van der Waals surface area (Å²) in [7, 11) is 0. The van der Waals surface area contributed by atoms with E-state index in [2.05, 4.69) is 10.2 Å². The van der Waals surface area contributed by atoms with Gasteiger partial charge in [0.25, 0.3) is 11.8 Å². The van der Waals surface area contributed by atoms with Crippen LogP contribution in [-0.4, -0.2) is 62.1 Å². The van der Waals surface area contributed by atoms with Crippen LogP contribution in [0.1, 0.15) is 33.8 Å². The molecule has 1 aromatic carbocycles. The second-order valence-corrected chi connectivity index (χ2v) is 7.16. The molecule has 0 saturated carbocycles. The first-order valence-corrected chi connectivity index (χ1v) is 9.78. The van der Waals surface area contributed by atoms with Gasteiger partial charge in [0.2, 0.25) is 0 Å². The zero-order chi connectivity index (χ0) is 19.3. The van der Waals surface area contributed by atoms with Crippen LogP contribution >= 0.6 is 0 Å². The summed E-state index contributed by atoms with van der Waals surface area (Å²) in [6, 6.07) is 11.0. The van der Waals surface area contributed by atoms with Gasteiger partial charge in [0, 0.05) is 37.9 Å². The molecule has 2 aliphatic rings. The number of piperidine rings is 1. The zero-order valence-electron chi connectivity index (χ0n) is 15.8. The molecule has 0 spiro atoms. The number of rotatable bonds is 4. The molecule has 7 nitrogen and oxygen atoms in total. The highest BCUT2D eigenvalue weighted by atomic mass is 16.5. The van der Waals surface area contributed by atoms with E-state index in [9.17, 15) is 9.59 Å². The molecule has 1 unspecified atom stereocenters. The van der Waals surface area contributed by atoms with Crippen LogP contribution in [0.15, 0.2) is 47.1 Å². The van der Waals surface area contributed by atoms with Crippen LogP contribution in [0.2, 0.25) is 0 Å². The number of nitrogens with zero attached hydrogens (tertiary/aromatic N) is 2. The maximum Gasteiger partial charge on any atom is 0.289 e. The number of hydrogen-bond acceptors (Lipinski definition) is 5. The van der Waals surface area contributed by atoms with E-state index in [4.69, 9.17) is 9.15 Å². The Morgan fingerprint density at radius 1 is 1.04 bits per heavy atom. The Morgan fingerprint density at radius 3 is 2.64 bits per heavy atom. The number of likely N-dealkylation sites (tertiary alicyclic amines) is 1. The van der Waals surface area contributed by atoms with Gasteiger partial charge in [0.1, 0.15) is 0 Å². The van der Waals surface area contributed by atoms with Gasteiger partial charge in [-0.2, -0.15) is 0 Å². The van der Waals surface area contributed by atoms with Crippen LogP contribution in [0.3, 0.4) is 0 Å². The van der Waals surface area contributed by atoms with E-state index >= 15 is 0 Å². The van der Waals surface area contributed by atoms with Crippen molar-refractivity contribution in [1.82, 2.24) is 10.2 Å². The fourth-order valence-corrected chi connectivity index (χ4v) is 3.84. The van der Waals surface area contributed by atoms with Crippen molar-refractivity contribution in [3.05, 3.63) is 54.0 Å². The molecule has 3 heterocycles. The minimum absolute atomic E-state index is 0.0714. The van der Waals surface area contributed by atoms with Crippen LogP contribution < -0.4 is 10.2 Å². The van der Waals surface area contributed by atoms with Gasteiger partial charge in [-0.15, -0.1) is 0 Å². The highest BCUT2D eigenvalue weighted by molar-refractivity contribution is 6.00. The predicted molar refractivity (Wildman–Crippen MR) is 105 cm³/mol. The van der Waals surface area contributed by atoms with Gasteiger partial charge in [-0.1, -0.05) is 12.1 Å². The molecule has 2 aliphatic heterocycles. The molecule has 1 N–H and O–H groups in total. The van der Waals surface area contributed by atoms with Crippen molar-refractivity contribution >= 4 is 17.5 Å². The van der Waals surface area contributed by atoms with E-state index in [1.165, 1.54) is 6.26 Å². The molecule has 2 saturated heterocycles. The number of benzene rings is 1. The Kier molecular flexibility index (Phi) is 5.62. The predicted octanol–water partition coefficient (Wildman–Crippen LogP) is 2.15. The molecule has 0 bridgehead atoms. The maximum absolute atomic E-state index is 13.0. The number of furan rings is 1. The highest BCUT2D eigenvalue weighted by Gasteiger charge is 2.28. The molecular formula is C21H25N3O4. The Balaban J connectivity index is 1.43. The molecule has 28 heavy (non-hydrogen) atoms. The minimum Gasteiger partial charge on any atom is -0.459 e. The molecule has 4 rings (SSSR count). The molecule has 1 atom stereocenters. The Morgan fingerprint density at radius 2 is 1.86 bits per heavy atom. The lowest BCUT2D eigenvalue weighted by Crippen LogP contribution is -2.49. The van der Waals surface area contributed by atoms with Crippen LogP contribution in [-0.2, 0) is 4.74 Å². The van der Waals surface area contributed by atoms with Crippen molar-refractivity contribution in [2.45, 2.75) is 18.9 Å². The second-order valence-electron chi connectivity index (χ2n) is 7.16. The standard InChI is InChI=1S/C21H25N3O4/c25-20(17-6-1-2-7-18(17)23-10-13-27-14-11-23)22-16-5-3-9-24(15-16)21(26)19-8-4-12-28-19/h1-2,4,6-8,12,16H,3,5,9-11,13-15H2,(H,22,25). The number of ether oxygens (including phenoxy) is 1. The first-order chi connectivity index (χ1) is 13.7. The lowest BCUT2D eigenvalue weighted by Gasteiger charge is -2.33. The summed E-state index contributed by atoms with van der Waals surface area (Å²) in [6.07, 6.45) is 3.20. The summed E-state index contributed by atoms with van der Waals surface area (Å²) in [6.45, 7) is 4.06. The van der Waals surface area contributed by atoms with Crippen molar-refractivity contribution in [2.24, 2.45) is 0 Å². The Hall–Kier alpha value is -2.80. The van der Waals surface area contributed by atoms with Gasteiger partial charge in [-0.25, -0.2) is 0 Å². The van der Waals surface area contributed by atoms with Crippen molar-refractivity contribution in [1.29, 1.82) is 0 Å². The summed E-state index contributed by atoms with van der Waals surface area (Å²) >= 11 is 0. The van der Waals surface area contributed by atoms with Gasteiger partial charge >= 0.3 is 0 Å². The lowest BCUT2D eigenvalue weighted by atomic mass is 10.0. The van der Waals surface area contributed by atoms with Crippen LogP contribution in [0.5, 0.6) is 0 Å². The number of anilines is 1. The number of nitrogens with one attached hydrogen (secondary N) is 1. The third-order valence-electron chi connectivity index (χ3n) is 5.28. The monoisotopic (exact) mass is 383 g/mol. The number of para-hydroxylation sites is 1. The molecule has 2 fully saturated rings. The molecule has 2 amide bonds. The number of morpholine rings is 1. The molecule has 0 aliphatic carbocycles. The molecule has 148 valence electrons. The molecule has 2 aromatic rings. The van der Waals surface area contributed by atoms with Gasteiger partial charge in [0.05, 0.1) is 25.0 Å². The quantitative estimate of drug-likeness (QED) is 0.876. The topological polar surface area (TPSA) is 75.0 Å². The smallest absolute Gasteiger partial charge is 0.289 e. The number of carbonyl (C=O) groups is 2. The van der Waals surface area contributed by atoms with E-state index in [-0.39, 0.29) is 17.9 Å². The molecule has 0 radical (unpaired) electrons. The SMILES string of the molecule is O=C(NC1CCCN(C(=O)c2ccco2)C1)c1ccccc1N1CCOCC1. The van der Waals surface area contributed by atoms with Gasteiger partial charge in [-0.05, 0) is 37.1 Å². The third-order valence-corrected chi connectivity index (χ3v) is 5.28. The summed E-state index contributed by atoms with van der Waals surface area (Å²) < 4.78 is 10.6. The van der Waals surface area contributed by atoms with Crippen molar-refractivity contribution in [3.8, 4) is 0 Å². The fraction of sp³-hybridized carbons (Fsp3) is 0.429. The van der Waals surface area contributed by atoms with E-state index in [1.807, 2.05) is 24.3 Å². The molecule has 1 aromatic heterocycles. The number of carbonyl (C=O) groups excluding carboxylic acids is 2. The van der Waals surface area contributed by atoms with Gasteiger partial charge in [-0.3, -0.25) is 9.59 Å². The highest BCUT2D eigenvalue weighted by Crippen LogP contribution is 2.22. The third kappa shape index (κ3) is 4.04. The zero-order valence-corrected chi connectivity index (χ0v) is 15.8. The first-order valence-electron chi connectivity index (χ1n) is 9.78. The van der Waals surface area contributed by atoms with E-state index in [1.54, 1.807) is 17.0 Å². The number of amides is 2. The first kappa shape index (κ1) is 18.6. The maximum atomic E-state index is 13.0. The average molecular weight is 383 g/mol. The lowest BCUT2D eigenvalue weighted by molar-refractivity contribution is 0.0647. The minimum atomic E-state index is -0.127. The van der Waals surface area contributed by atoms with Gasteiger partial charge in [0.15, 0.2) is 5.76 Å². The molecular weight excluding hydrogens is 358 g/mol. The average Bonchev–Trinajstić information content (AvgIpc) is 3.29. The van der Waals surface area contributed by atoms with E-state index in [0.717, 1.165) is 31.6 Å². The summed E-state index contributed by atoms with van der Waals surface area (Å²) in [5.41, 5.74) is 1.60. The molecule has 7 heteroatoms. The van der Waals surface area contributed by atoms with Crippen molar-refractivity contribution in [3.63, 3.8) is 0 Å².